The summed E-state index contributed by atoms with van der Waals surface area (Å²) < 4.78 is 66.0. The van der Waals surface area contributed by atoms with Gasteiger partial charge in [0.25, 0.3) is 0 Å². The number of furan rings is 1. The second-order valence-corrected chi connectivity index (χ2v) is 11.1. The fraction of sp³-hybridized carbons (Fsp3) is 0.353. The molecule has 3 heterocycles. The maximum atomic E-state index is 8.91. The van der Waals surface area contributed by atoms with Gasteiger partial charge >= 0.3 is 0 Å². The molecule has 0 spiro atoms. The molecule has 5 rings (SSSR count). The van der Waals surface area contributed by atoms with Gasteiger partial charge in [0.15, 0.2) is 0 Å². The van der Waals surface area contributed by atoms with E-state index in [4.69, 9.17) is 19.0 Å². The van der Waals surface area contributed by atoms with E-state index in [0.29, 0.717) is 28.2 Å². The van der Waals surface area contributed by atoms with Crippen molar-refractivity contribution in [2.24, 2.45) is 5.41 Å². The minimum absolute atomic E-state index is 0.0729. The van der Waals surface area contributed by atoms with E-state index in [2.05, 4.69) is 4.98 Å². The van der Waals surface area contributed by atoms with Crippen LogP contribution in [-0.2, 0) is 6.37 Å². The first-order chi connectivity index (χ1) is 20.1. The molecule has 0 aliphatic carbocycles. The van der Waals surface area contributed by atoms with Gasteiger partial charge in [-0.25, -0.2) is 4.98 Å². The highest BCUT2D eigenvalue weighted by Crippen LogP contribution is 2.39. The summed E-state index contributed by atoms with van der Waals surface area (Å²) in [5.74, 6) is -1.87. The standard InChI is InChI=1S/C34H38N2O/c1-20(2)24-11-9-12-25(21(3)4)31(24)29-16-15-27-26-13-10-14-28(32(26)37-33(27)36-29)30-17-23(18-34(6,7)8)22(5)19-35-30/h9-17,19-21H,18H2,1-8H3/i5D3,18D2,20D,21D. The number of hydrogen-bond donors (Lipinski definition) is 0. The Hall–Kier alpha value is -3.46. The van der Waals surface area contributed by atoms with Crippen molar-refractivity contribution < 1.29 is 14.0 Å². The molecule has 0 fully saturated rings. The molecule has 3 heteroatoms. The van der Waals surface area contributed by atoms with Gasteiger partial charge in [0.2, 0.25) is 5.71 Å². The van der Waals surface area contributed by atoms with Gasteiger partial charge in [-0.05, 0) is 76.9 Å². The summed E-state index contributed by atoms with van der Waals surface area (Å²) >= 11 is 0. The Morgan fingerprint density at radius 2 is 1.62 bits per heavy atom. The number of hydrogen-bond acceptors (Lipinski definition) is 3. The van der Waals surface area contributed by atoms with Crippen LogP contribution < -0.4 is 0 Å². The Kier molecular flexibility index (Phi) is 4.57. The van der Waals surface area contributed by atoms with Gasteiger partial charge in [-0.1, -0.05) is 78.8 Å². The van der Waals surface area contributed by atoms with Crippen molar-refractivity contribution in [2.75, 3.05) is 0 Å². The highest BCUT2D eigenvalue weighted by atomic mass is 16.3. The Bertz CT molecular complexity index is 1850. The number of pyridine rings is 2. The highest BCUT2D eigenvalue weighted by molar-refractivity contribution is 6.08. The summed E-state index contributed by atoms with van der Waals surface area (Å²) in [7, 11) is 0. The Morgan fingerprint density at radius 3 is 2.27 bits per heavy atom. The molecule has 0 atom stereocenters. The fourth-order valence-electron chi connectivity index (χ4n) is 4.79. The van der Waals surface area contributed by atoms with E-state index < -0.39 is 30.4 Å². The molecule has 0 radical (unpaired) electrons. The molecule has 190 valence electrons. The van der Waals surface area contributed by atoms with E-state index in [0.717, 1.165) is 27.5 Å². The molecule has 5 aromatic rings. The van der Waals surface area contributed by atoms with E-state index in [-0.39, 0.29) is 11.1 Å². The number of benzene rings is 2. The maximum absolute atomic E-state index is 8.91. The number of fused-ring (bicyclic) bond motifs is 3. The lowest BCUT2D eigenvalue weighted by molar-refractivity contribution is 0.410. The molecule has 0 saturated heterocycles. The Morgan fingerprint density at radius 1 is 0.919 bits per heavy atom. The first kappa shape index (κ1) is 17.9. The zero-order valence-corrected chi connectivity index (χ0v) is 22.6. The van der Waals surface area contributed by atoms with Crippen LogP contribution in [0.1, 0.15) is 92.1 Å². The van der Waals surface area contributed by atoms with Crippen LogP contribution in [0.5, 0.6) is 0 Å². The topological polar surface area (TPSA) is 38.9 Å². The molecule has 0 N–H and O–H groups in total. The lowest BCUT2D eigenvalue weighted by atomic mass is 9.86. The molecule has 0 bridgehead atoms. The first-order valence-electron chi connectivity index (χ1n) is 16.1. The molecular weight excluding hydrogens is 452 g/mol. The molecule has 0 unspecified atom stereocenters. The summed E-state index contributed by atoms with van der Waals surface area (Å²) in [5, 5.41) is 1.55. The van der Waals surface area contributed by atoms with Crippen LogP contribution >= 0.6 is 0 Å². The van der Waals surface area contributed by atoms with Gasteiger partial charge in [0.05, 0.1) is 11.4 Å². The van der Waals surface area contributed by atoms with Gasteiger partial charge in [0, 0.05) is 37.7 Å². The Balaban J connectivity index is 1.75. The monoisotopic (exact) mass is 497 g/mol. The van der Waals surface area contributed by atoms with Crippen LogP contribution in [0.3, 0.4) is 0 Å². The van der Waals surface area contributed by atoms with Gasteiger partial charge in [0.1, 0.15) is 5.58 Å². The van der Waals surface area contributed by atoms with Crippen molar-refractivity contribution in [2.45, 2.75) is 73.5 Å². The maximum Gasteiger partial charge on any atom is 0.227 e. The minimum Gasteiger partial charge on any atom is -0.437 e. The zero-order chi connectivity index (χ0) is 32.6. The molecule has 0 aliphatic heterocycles. The lowest BCUT2D eigenvalue weighted by Crippen LogP contribution is -2.10. The zero-order valence-electron chi connectivity index (χ0n) is 29.6. The lowest BCUT2D eigenvalue weighted by Gasteiger charge is -2.20. The minimum atomic E-state index is -2.54. The second kappa shape index (κ2) is 9.45. The number of para-hydroxylation sites is 1. The number of aryl methyl sites for hydroxylation is 1. The van der Waals surface area contributed by atoms with Crippen LogP contribution in [0.25, 0.3) is 44.6 Å². The van der Waals surface area contributed by atoms with Crippen LogP contribution in [-0.4, -0.2) is 9.97 Å². The van der Waals surface area contributed by atoms with Gasteiger partial charge in [-0.3, -0.25) is 4.98 Å². The van der Waals surface area contributed by atoms with Crippen molar-refractivity contribution >= 4 is 22.1 Å². The summed E-state index contributed by atoms with van der Waals surface area (Å²) in [5.41, 5.74) is 3.80. The Labute approximate surface area is 230 Å². The van der Waals surface area contributed by atoms with Crippen molar-refractivity contribution in [1.82, 2.24) is 9.97 Å². The van der Waals surface area contributed by atoms with Gasteiger partial charge in [-0.2, -0.15) is 0 Å². The van der Waals surface area contributed by atoms with E-state index in [9.17, 15) is 0 Å². The molecule has 0 amide bonds. The van der Waals surface area contributed by atoms with Crippen LogP contribution in [0.15, 0.2) is 65.2 Å². The van der Waals surface area contributed by atoms with Crippen LogP contribution in [0, 0.1) is 12.3 Å². The van der Waals surface area contributed by atoms with Gasteiger partial charge in [-0.15, -0.1) is 0 Å². The summed E-state index contributed by atoms with van der Waals surface area (Å²) in [4.78, 5) is 9.40. The third-order valence-corrected chi connectivity index (χ3v) is 6.45. The largest absolute Gasteiger partial charge is 0.437 e. The molecule has 3 nitrogen and oxygen atoms in total. The van der Waals surface area contributed by atoms with E-state index in [1.54, 1.807) is 20.8 Å². The van der Waals surface area contributed by atoms with Crippen molar-refractivity contribution in [3.63, 3.8) is 0 Å². The van der Waals surface area contributed by atoms with E-state index in [1.807, 2.05) is 76.2 Å². The molecule has 0 saturated carbocycles. The third-order valence-electron chi connectivity index (χ3n) is 6.45. The third kappa shape index (κ3) is 4.80. The predicted octanol–water partition coefficient (Wildman–Crippen LogP) is 9.85. The SMILES string of the molecule is [2H]C([2H])([2H])c1cnc(-c2cccc3c2oc2nc(-c4c(C([2H])(C)C)cccc4C([2H])(C)C)ccc23)cc1C([2H])([2H])C(C)(C)C. The van der Waals surface area contributed by atoms with Crippen LogP contribution in [0.2, 0.25) is 0 Å². The normalized spacial score (nSPS) is 16.5. The number of aromatic nitrogens is 2. The first-order valence-corrected chi connectivity index (χ1v) is 12.6. The summed E-state index contributed by atoms with van der Waals surface area (Å²) in [6, 6.07) is 16.6. The van der Waals surface area contributed by atoms with E-state index in [1.165, 1.54) is 12.3 Å². The highest BCUT2D eigenvalue weighted by Gasteiger charge is 2.20. The molecular formula is C34H38N2O. The average Bonchev–Trinajstić information content (AvgIpc) is 3.28. The van der Waals surface area contributed by atoms with Crippen molar-refractivity contribution in [1.29, 1.82) is 0 Å². The summed E-state index contributed by atoms with van der Waals surface area (Å²) in [6.45, 7) is 9.96. The fourth-order valence-corrected chi connectivity index (χ4v) is 4.79. The quantitative estimate of drug-likeness (QED) is 0.242. The second-order valence-electron chi connectivity index (χ2n) is 11.1. The number of rotatable bonds is 5. The number of nitrogens with zero attached hydrogens (tertiary/aromatic N) is 2. The van der Waals surface area contributed by atoms with Crippen molar-refractivity contribution in [3.8, 4) is 22.5 Å². The van der Waals surface area contributed by atoms with Gasteiger partial charge < -0.3 is 4.42 Å². The van der Waals surface area contributed by atoms with Crippen LogP contribution in [0.4, 0.5) is 0 Å². The molecule has 37 heavy (non-hydrogen) atoms. The summed E-state index contributed by atoms with van der Waals surface area (Å²) in [6.07, 6.45) is -0.711. The van der Waals surface area contributed by atoms with Crippen molar-refractivity contribution in [3.05, 3.63) is 83.0 Å². The smallest absolute Gasteiger partial charge is 0.227 e. The van der Waals surface area contributed by atoms with E-state index >= 15 is 0 Å². The molecule has 0 aliphatic rings. The molecule has 2 aromatic carbocycles. The molecule has 3 aromatic heterocycles. The predicted molar refractivity (Wildman–Crippen MR) is 156 cm³/mol. The average molecular weight is 498 g/mol.